The lowest BCUT2D eigenvalue weighted by Crippen LogP contribution is -2.49. The fourth-order valence-electron chi connectivity index (χ4n) is 2.62. The molecule has 1 rings (SSSR count). The lowest BCUT2D eigenvalue weighted by molar-refractivity contribution is -0.139. The first-order chi connectivity index (χ1) is 12.7. The molecular formula is C21H32N2O4. The van der Waals surface area contributed by atoms with Gasteiger partial charge < -0.3 is 15.4 Å². The first kappa shape index (κ1) is 22.7. The summed E-state index contributed by atoms with van der Waals surface area (Å²) in [6.45, 7) is 9.16. The van der Waals surface area contributed by atoms with Crippen molar-refractivity contribution in [3.63, 3.8) is 0 Å². The minimum absolute atomic E-state index is 0.254. The number of carbonyl (C=O) groups excluding carboxylic acids is 3. The van der Waals surface area contributed by atoms with E-state index in [0.29, 0.717) is 12.8 Å². The van der Waals surface area contributed by atoms with E-state index in [2.05, 4.69) is 10.6 Å². The molecule has 0 radical (unpaired) electrons. The van der Waals surface area contributed by atoms with Crippen LogP contribution in [0.15, 0.2) is 30.3 Å². The van der Waals surface area contributed by atoms with Crippen molar-refractivity contribution in [2.24, 2.45) is 0 Å². The van der Waals surface area contributed by atoms with Gasteiger partial charge in [0.05, 0.1) is 6.04 Å². The van der Waals surface area contributed by atoms with Gasteiger partial charge in [-0.15, -0.1) is 0 Å². The quantitative estimate of drug-likeness (QED) is 0.640. The van der Waals surface area contributed by atoms with Gasteiger partial charge >= 0.3 is 6.09 Å². The van der Waals surface area contributed by atoms with Gasteiger partial charge in [0.25, 0.3) is 5.91 Å². The summed E-state index contributed by atoms with van der Waals surface area (Å²) in [5, 5.41) is 5.33. The summed E-state index contributed by atoms with van der Waals surface area (Å²) in [6, 6.07) is 8.34. The first-order valence-corrected chi connectivity index (χ1v) is 9.57. The third-order valence-corrected chi connectivity index (χ3v) is 3.99. The van der Waals surface area contributed by atoms with Gasteiger partial charge in [-0.05, 0) is 39.2 Å². The largest absolute Gasteiger partial charge is 0.444 e. The van der Waals surface area contributed by atoms with Gasteiger partial charge in [-0.2, -0.15) is 0 Å². The Kier molecular flexibility index (Phi) is 8.98. The Morgan fingerprint density at radius 1 is 1.04 bits per heavy atom. The minimum atomic E-state index is -0.895. The molecule has 0 aromatic heterocycles. The van der Waals surface area contributed by atoms with Gasteiger partial charge in [0, 0.05) is 0 Å². The van der Waals surface area contributed by atoms with Crippen LogP contribution in [0.5, 0.6) is 0 Å². The number of ether oxygens (including phenoxy) is 1. The number of Topliss-reactive ketones (excluding diaryl/α,β-unsaturated/α-hetero) is 1. The smallest absolute Gasteiger partial charge is 0.408 e. The Morgan fingerprint density at radius 2 is 1.67 bits per heavy atom. The highest BCUT2D eigenvalue weighted by Gasteiger charge is 2.29. The maximum atomic E-state index is 12.7. The summed E-state index contributed by atoms with van der Waals surface area (Å²) < 4.78 is 5.22. The van der Waals surface area contributed by atoms with E-state index in [0.717, 1.165) is 18.4 Å². The lowest BCUT2D eigenvalue weighted by atomic mass is 10.0. The molecule has 0 aliphatic carbocycles. The molecule has 1 aromatic rings. The van der Waals surface area contributed by atoms with Crippen molar-refractivity contribution in [2.45, 2.75) is 78.0 Å². The number of nitrogens with one attached hydrogen (secondary N) is 2. The second-order valence-corrected chi connectivity index (χ2v) is 7.55. The van der Waals surface area contributed by atoms with Crippen LogP contribution >= 0.6 is 0 Å². The van der Waals surface area contributed by atoms with Crippen molar-refractivity contribution >= 4 is 17.8 Å². The number of hydrogen-bond donors (Lipinski definition) is 2. The van der Waals surface area contributed by atoms with Crippen LogP contribution in [0.1, 0.15) is 71.9 Å². The van der Waals surface area contributed by atoms with Gasteiger partial charge in [-0.1, -0.05) is 57.0 Å². The molecule has 0 heterocycles. The molecule has 1 aromatic carbocycles. The van der Waals surface area contributed by atoms with Gasteiger partial charge in [0.2, 0.25) is 5.78 Å². The Hall–Kier alpha value is -2.37. The molecule has 150 valence electrons. The van der Waals surface area contributed by atoms with E-state index in [-0.39, 0.29) is 6.04 Å². The zero-order chi connectivity index (χ0) is 20.4. The molecular weight excluding hydrogens is 344 g/mol. The van der Waals surface area contributed by atoms with Crippen LogP contribution in [0.3, 0.4) is 0 Å². The van der Waals surface area contributed by atoms with Crippen LogP contribution in [-0.2, 0) is 14.3 Å². The summed E-state index contributed by atoms with van der Waals surface area (Å²) >= 11 is 0. The van der Waals surface area contributed by atoms with Crippen molar-refractivity contribution in [2.75, 3.05) is 0 Å². The summed E-state index contributed by atoms with van der Waals surface area (Å²) in [5.41, 5.74) is 0.261. The fraction of sp³-hybridized carbons (Fsp3) is 0.571. The third-order valence-electron chi connectivity index (χ3n) is 3.99. The number of hydrogen-bond acceptors (Lipinski definition) is 4. The molecule has 0 saturated carbocycles. The van der Waals surface area contributed by atoms with E-state index in [1.54, 1.807) is 20.8 Å². The topological polar surface area (TPSA) is 84.5 Å². The number of ketones is 1. The molecule has 0 aliphatic heterocycles. The van der Waals surface area contributed by atoms with E-state index < -0.39 is 29.4 Å². The maximum absolute atomic E-state index is 12.7. The van der Waals surface area contributed by atoms with Crippen LogP contribution in [0, 0.1) is 0 Å². The molecule has 0 saturated heterocycles. The highest BCUT2D eigenvalue weighted by Crippen LogP contribution is 2.16. The molecule has 0 spiro atoms. The van der Waals surface area contributed by atoms with Crippen molar-refractivity contribution in [1.82, 2.24) is 10.6 Å². The van der Waals surface area contributed by atoms with Crippen molar-refractivity contribution in [3.8, 4) is 0 Å². The van der Waals surface area contributed by atoms with Gasteiger partial charge in [-0.25, -0.2) is 4.79 Å². The number of benzene rings is 1. The lowest BCUT2D eigenvalue weighted by Gasteiger charge is -2.23. The predicted octanol–water partition coefficient (Wildman–Crippen LogP) is 3.91. The monoisotopic (exact) mass is 376 g/mol. The zero-order valence-electron chi connectivity index (χ0n) is 17.0. The van der Waals surface area contributed by atoms with E-state index in [1.807, 2.05) is 44.2 Å². The van der Waals surface area contributed by atoms with E-state index in [4.69, 9.17) is 4.74 Å². The Balaban J connectivity index is 2.80. The molecule has 27 heavy (non-hydrogen) atoms. The van der Waals surface area contributed by atoms with Crippen molar-refractivity contribution in [1.29, 1.82) is 0 Å². The summed E-state index contributed by atoms with van der Waals surface area (Å²) in [7, 11) is 0. The van der Waals surface area contributed by atoms with Crippen LogP contribution in [0.2, 0.25) is 0 Å². The molecule has 2 atom stereocenters. The Morgan fingerprint density at radius 3 is 2.19 bits per heavy atom. The van der Waals surface area contributed by atoms with E-state index in [9.17, 15) is 14.4 Å². The van der Waals surface area contributed by atoms with E-state index >= 15 is 0 Å². The first-order valence-electron chi connectivity index (χ1n) is 9.57. The third kappa shape index (κ3) is 8.24. The van der Waals surface area contributed by atoms with Crippen LogP contribution in [0.25, 0.3) is 0 Å². The van der Waals surface area contributed by atoms with Crippen molar-refractivity contribution < 1.29 is 19.1 Å². The van der Waals surface area contributed by atoms with Crippen LogP contribution < -0.4 is 10.6 Å². The predicted molar refractivity (Wildman–Crippen MR) is 105 cm³/mol. The summed E-state index contributed by atoms with van der Waals surface area (Å²) in [4.78, 5) is 37.2. The summed E-state index contributed by atoms with van der Waals surface area (Å²) in [5.74, 6) is -1.34. The van der Waals surface area contributed by atoms with Crippen LogP contribution in [0.4, 0.5) is 4.79 Å². The maximum Gasteiger partial charge on any atom is 0.408 e. The average Bonchev–Trinajstić information content (AvgIpc) is 2.61. The number of amides is 2. The fourth-order valence-corrected chi connectivity index (χ4v) is 2.62. The highest BCUT2D eigenvalue weighted by atomic mass is 16.6. The number of rotatable bonds is 9. The van der Waals surface area contributed by atoms with Gasteiger partial charge in [0.1, 0.15) is 11.6 Å². The molecule has 0 unspecified atom stereocenters. The standard InChI is InChI=1S/C21H32N2O4/c1-6-8-14-17(23-20(26)27-21(3,4)5)18(24)19(25)22-16(7-2)15-12-10-9-11-13-15/h9-13,16-17H,6-8,14H2,1-5H3,(H,22,25)(H,23,26)/t16-,17-/m0/s1. The normalized spacial score (nSPS) is 13.4. The average molecular weight is 376 g/mol. The van der Waals surface area contributed by atoms with Crippen LogP contribution in [-0.4, -0.2) is 29.4 Å². The van der Waals surface area contributed by atoms with E-state index in [1.165, 1.54) is 0 Å². The number of alkyl carbamates (subject to hydrolysis) is 1. The molecule has 6 nitrogen and oxygen atoms in total. The molecule has 2 amide bonds. The molecule has 0 bridgehead atoms. The highest BCUT2D eigenvalue weighted by molar-refractivity contribution is 6.38. The molecule has 0 fully saturated rings. The molecule has 6 heteroatoms. The number of unbranched alkanes of at least 4 members (excludes halogenated alkanes) is 1. The second kappa shape index (κ2) is 10.7. The van der Waals surface area contributed by atoms with Crippen molar-refractivity contribution in [3.05, 3.63) is 35.9 Å². The Labute approximate surface area is 162 Å². The Bertz CT molecular complexity index is 623. The number of carbonyl (C=O) groups is 3. The SMILES string of the molecule is CCCC[C@H](NC(=O)OC(C)(C)C)C(=O)C(=O)N[C@@H](CC)c1ccccc1. The zero-order valence-corrected chi connectivity index (χ0v) is 17.0. The second-order valence-electron chi connectivity index (χ2n) is 7.55. The van der Waals surface area contributed by atoms with Gasteiger partial charge in [0.15, 0.2) is 0 Å². The summed E-state index contributed by atoms with van der Waals surface area (Å²) in [6.07, 6.45) is 1.92. The molecule has 0 aliphatic rings. The van der Waals surface area contributed by atoms with Gasteiger partial charge in [-0.3, -0.25) is 9.59 Å². The minimum Gasteiger partial charge on any atom is -0.444 e. The molecule has 2 N–H and O–H groups in total.